The molecule has 10 aromatic carbocycles. The second-order valence-electron chi connectivity index (χ2n) is 27.2. The van der Waals surface area contributed by atoms with E-state index in [0.29, 0.717) is 0 Å². The van der Waals surface area contributed by atoms with Gasteiger partial charge in [0.05, 0.1) is 11.4 Å². The third-order valence-corrected chi connectivity index (χ3v) is 20.0. The van der Waals surface area contributed by atoms with Crippen LogP contribution in [0.2, 0.25) is 0 Å². The Hall–Kier alpha value is -8.58. The quantitative estimate of drug-likeness (QED) is 0.148. The van der Waals surface area contributed by atoms with Crippen molar-refractivity contribution in [3.8, 4) is 22.3 Å². The highest BCUT2D eigenvalue weighted by Crippen LogP contribution is 2.54. The Morgan fingerprint density at radius 3 is 1.81 bits per heavy atom. The molecule has 2 aromatic heterocycles. The van der Waals surface area contributed by atoms with E-state index < -0.39 is 0 Å². The predicted octanol–water partition coefficient (Wildman–Crippen LogP) is 20.6. The maximum Gasteiger partial charge on any atom is 0.264 e. The number of benzene rings is 10. The van der Waals surface area contributed by atoms with E-state index in [2.05, 4.69) is 302 Å². The van der Waals surface area contributed by atoms with E-state index in [4.69, 9.17) is 4.42 Å². The van der Waals surface area contributed by atoms with Gasteiger partial charge in [0, 0.05) is 71.0 Å². The zero-order chi connectivity index (χ0) is 57.6. The summed E-state index contributed by atoms with van der Waals surface area (Å²) in [6.45, 7) is 23.6. The number of rotatable bonds is 7. The minimum atomic E-state index is -0.0931. The molecule has 0 unspecified atom stereocenters. The van der Waals surface area contributed by atoms with Gasteiger partial charge in [-0.15, -0.1) is 11.3 Å². The normalized spacial score (nSPS) is 15.0. The molecule has 6 heteroatoms. The summed E-state index contributed by atoms with van der Waals surface area (Å²) < 4.78 is 9.26. The van der Waals surface area contributed by atoms with Crippen molar-refractivity contribution in [2.75, 3.05) is 14.7 Å². The van der Waals surface area contributed by atoms with Crippen LogP contribution >= 0.6 is 11.3 Å². The fourth-order valence-electron chi connectivity index (χ4n) is 14.1. The van der Waals surface area contributed by atoms with Gasteiger partial charge in [0.15, 0.2) is 0 Å². The van der Waals surface area contributed by atoms with Crippen molar-refractivity contribution in [2.45, 2.75) is 104 Å². The molecular formula is C78H70BN3OS. The fraction of sp³-hybridized carbons (Fsp3) is 0.205. The monoisotopic (exact) mass is 1110 g/mol. The van der Waals surface area contributed by atoms with Gasteiger partial charge in [-0.1, -0.05) is 197 Å². The van der Waals surface area contributed by atoms with Gasteiger partial charge >= 0.3 is 0 Å². The van der Waals surface area contributed by atoms with E-state index in [-0.39, 0.29) is 28.4 Å². The second-order valence-corrected chi connectivity index (χ2v) is 28.3. The molecule has 3 aliphatic rings. The number of hydrogen-bond acceptors (Lipinski definition) is 5. The van der Waals surface area contributed by atoms with E-state index >= 15 is 0 Å². The van der Waals surface area contributed by atoms with Crippen molar-refractivity contribution in [2.24, 2.45) is 0 Å². The van der Waals surface area contributed by atoms with Gasteiger partial charge in [-0.05, 0) is 175 Å². The number of thiophene rings is 1. The smallest absolute Gasteiger partial charge is 0.264 e. The molecule has 1 aliphatic carbocycles. The molecule has 12 aromatic rings. The van der Waals surface area contributed by atoms with Crippen LogP contribution in [0.15, 0.2) is 223 Å². The van der Waals surface area contributed by atoms with Crippen molar-refractivity contribution >= 4 is 117 Å². The molecule has 4 nitrogen and oxygen atoms in total. The lowest BCUT2D eigenvalue weighted by Crippen LogP contribution is -2.60. The lowest BCUT2D eigenvalue weighted by molar-refractivity contribution is 0.332. The van der Waals surface area contributed by atoms with Gasteiger partial charge in [-0.2, -0.15) is 0 Å². The maximum atomic E-state index is 6.60. The van der Waals surface area contributed by atoms with Gasteiger partial charge in [0.1, 0.15) is 11.2 Å². The molecule has 0 saturated heterocycles. The zero-order valence-corrected chi connectivity index (χ0v) is 50.8. The summed E-state index contributed by atoms with van der Waals surface area (Å²) in [5, 5.41) is 3.50. The summed E-state index contributed by atoms with van der Waals surface area (Å²) in [6, 6.07) is 82.6. The van der Waals surface area contributed by atoms with Crippen LogP contribution in [0.25, 0.3) is 54.3 Å². The molecule has 0 radical (unpaired) electrons. The number of nitrogens with zero attached hydrogens (tertiary/aromatic N) is 3. The van der Waals surface area contributed by atoms with Gasteiger partial charge in [0.25, 0.3) is 6.71 Å². The largest absolute Gasteiger partial charge is 0.456 e. The van der Waals surface area contributed by atoms with E-state index in [0.717, 1.165) is 63.2 Å². The Balaban J connectivity index is 1.06. The Kier molecular flexibility index (Phi) is 11.8. The molecule has 0 amide bonds. The fourth-order valence-corrected chi connectivity index (χ4v) is 15.4. The maximum absolute atomic E-state index is 6.60. The van der Waals surface area contributed by atoms with Crippen molar-refractivity contribution in [3.63, 3.8) is 0 Å². The van der Waals surface area contributed by atoms with E-state index in [9.17, 15) is 0 Å². The molecule has 0 spiro atoms. The summed E-state index contributed by atoms with van der Waals surface area (Å²) in [7, 11) is 0. The highest BCUT2D eigenvalue weighted by atomic mass is 32.1. The van der Waals surface area contributed by atoms with E-state index in [1.54, 1.807) is 0 Å². The van der Waals surface area contributed by atoms with Crippen LogP contribution < -0.4 is 30.4 Å². The Labute approximate surface area is 499 Å². The molecule has 0 saturated carbocycles. The van der Waals surface area contributed by atoms with Crippen LogP contribution in [0, 0.1) is 0 Å². The SMILES string of the molecule is CC(C)(C)c1ccc(N(c2ccc3c(c2)N(c2ccc4oc5ccccc5c4c2)c2cc(-c4ccccc4)cc4c2B3c2sc3ccc(C(C)(C)C)cc3c2N4c2ccc3c(c2)C(C)(C)CCC3(C)C)c2ccccc2-c2ccccc2)cc1. The predicted molar refractivity (Wildman–Crippen MR) is 361 cm³/mol. The van der Waals surface area contributed by atoms with Crippen LogP contribution in [0.5, 0.6) is 0 Å². The third kappa shape index (κ3) is 8.38. The molecule has 412 valence electrons. The summed E-state index contributed by atoms with van der Waals surface area (Å²) in [5.74, 6) is 0. The summed E-state index contributed by atoms with van der Waals surface area (Å²) in [6.07, 6.45) is 2.30. The number of fused-ring (bicyclic) bond motifs is 10. The van der Waals surface area contributed by atoms with Crippen LogP contribution in [-0.4, -0.2) is 6.71 Å². The first kappa shape index (κ1) is 52.2. The average molecular weight is 1110 g/mol. The Morgan fingerprint density at radius 1 is 0.464 bits per heavy atom. The minimum absolute atomic E-state index is 0.00730. The topological polar surface area (TPSA) is 22.9 Å². The highest BCUT2D eigenvalue weighted by molar-refractivity contribution is 7.33. The average Bonchev–Trinajstić information content (AvgIpc) is 1.29. The molecule has 15 rings (SSSR count). The van der Waals surface area contributed by atoms with Gasteiger partial charge in [-0.25, -0.2) is 0 Å². The lowest BCUT2D eigenvalue weighted by Gasteiger charge is -2.45. The number of para-hydroxylation sites is 2. The van der Waals surface area contributed by atoms with Crippen LogP contribution in [-0.2, 0) is 21.7 Å². The van der Waals surface area contributed by atoms with Crippen LogP contribution in [0.3, 0.4) is 0 Å². The first-order chi connectivity index (χ1) is 40.4. The minimum Gasteiger partial charge on any atom is -0.456 e. The molecule has 2 aliphatic heterocycles. The Bertz CT molecular complexity index is 4590. The second kappa shape index (κ2) is 19.0. The van der Waals surface area contributed by atoms with Crippen LogP contribution in [0.4, 0.5) is 51.2 Å². The zero-order valence-electron chi connectivity index (χ0n) is 49.9. The van der Waals surface area contributed by atoms with Crippen molar-refractivity contribution in [3.05, 3.63) is 241 Å². The molecule has 0 fully saturated rings. The molecule has 0 atom stereocenters. The first-order valence-corrected chi connectivity index (χ1v) is 30.9. The third-order valence-electron chi connectivity index (χ3n) is 18.8. The number of anilines is 9. The number of hydrogen-bond donors (Lipinski definition) is 0. The van der Waals surface area contributed by atoms with Crippen molar-refractivity contribution < 1.29 is 4.42 Å². The van der Waals surface area contributed by atoms with Crippen LogP contribution in [0.1, 0.15) is 104 Å². The van der Waals surface area contributed by atoms with Gasteiger partial charge in [0.2, 0.25) is 0 Å². The van der Waals surface area contributed by atoms with Crippen molar-refractivity contribution in [1.29, 1.82) is 0 Å². The van der Waals surface area contributed by atoms with Crippen molar-refractivity contribution in [1.82, 2.24) is 0 Å². The highest BCUT2D eigenvalue weighted by Gasteiger charge is 2.47. The molecule has 4 heterocycles. The van der Waals surface area contributed by atoms with Gasteiger partial charge < -0.3 is 19.1 Å². The van der Waals surface area contributed by atoms with E-state index in [1.165, 1.54) is 93.0 Å². The lowest BCUT2D eigenvalue weighted by atomic mass is 9.36. The molecule has 84 heavy (non-hydrogen) atoms. The summed E-state index contributed by atoms with van der Waals surface area (Å²) >= 11 is 1.97. The standard InChI is InChI=1S/C78H70BN3OS/c1-75(2,3)52-29-32-54(33-30-52)80(65-27-19-17-25-58(65)50-23-15-12-16-24-50)57-35-38-64-66(48-57)81(55-36-39-70-60(46-55)59-26-18-20-28-69(59)83-70)67-43-51(49-21-13-11-14-22-49)44-68-72(67)79(64)74-73(61-45-53(76(4,5)6)31-40-71(61)84-74)82(68)56-34-37-62-63(47-56)78(9,10)42-41-77(62,7)8/h11-40,43-48H,41-42H2,1-10H3. The molecule has 0 bridgehead atoms. The molecular weight excluding hydrogens is 1040 g/mol. The number of furan rings is 1. The van der Waals surface area contributed by atoms with E-state index in [1.807, 2.05) is 11.3 Å². The summed E-state index contributed by atoms with van der Waals surface area (Å²) in [5.41, 5.74) is 25.0. The van der Waals surface area contributed by atoms with Gasteiger partial charge in [-0.3, -0.25) is 0 Å². The summed E-state index contributed by atoms with van der Waals surface area (Å²) in [4.78, 5) is 7.77. The first-order valence-electron chi connectivity index (χ1n) is 30.1. The molecule has 0 N–H and O–H groups in total. The Morgan fingerprint density at radius 2 is 1.07 bits per heavy atom.